The number of halogens is 3. The van der Waals surface area contributed by atoms with Crippen LogP contribution in [-0.2, 0) is 4.79 Å². The van der Waals surface area contributed by atoms with Crippen molar-refractivity contribution in [3.8, 4) is 0 Å². The number of thioether (sulfide) groups is 1. The highest BCUT2D eigenvalue weighted by atomic mass is 79.9. The average Bonchev–Trinajstić information content (AvgIpc) is 2.24. The lowest BCUT2D eigenvalue weighted by Gasteiger charge is -1.99. The van der Waals surface area contributed by atoms with E-state index in [2.05, 4.69) is 15.9 Å². The molecule has 0 heterocycles. The molecule has 0 aromatic heterocycles. The summed E-state index contributed by atoms with van der Waals surface area (Å²) in [5, 5.41) is 0.0549. The molecule has 0 N–H and O–H groups in total. The molecule has 0 unspecified atom stereocenters. The highest BCUT2D eigenvalue weighted by Crippen LogP contribution is 2.21. The van der Waals surface area contributed by atoms with Crippen LogP contribution in [0.25, 0.3) is 6.08 Å². The first kappa shape index (κ1) is 14.4. The molecule has 1 aromatic carbocycles. The predicted molar refractivity (Wildman–Crippen MR) is 70.8 cm³/mol. The standard InChI is InChI=1S/C12H11BrF2OS/c1-8(16)17-5-3-2-4-9-6-12(15)10(13)7-11(9)14/h2,4,6-7H,3,5H2,1H3. The van der Waals surface area contributed by atoms with E-state index in [1.807, 2.05) is 0 Å². The number of carbonyl (C=O) groups is 1. The molecule has 0 aliphatic heterocycles. The van der Waals surface area contributed by atoms with Crippen molar-refractivity contribution in [2.24, 2.45) is 0 Å². The Kier molecular flexibility index (Phi) is 5.85. The van der Waals surface area contributed by atoms with Crippen molar-refractivity contribution in [3.63, 3.8) is 0 Å². The lowest BCUT2D eigenvalue weighted by atomic mass is 10.2. The minimum absolute atomic E-state index is 0.0549. The van der Waals surface area contributed by atoms with E-state index in [1.54, 1.807) is 6.08 Å². The van der Waals surface area contributed by atoms with Gasteiger partial charge in [-0.25, -0.2) is 8.78 Å². The maximum absolute atomic E-state index is 13.4. The van der Waals surface area contributed by atoms with E-state index in [0.717, 1.165) is 12.1 Å². The highest BCUT2D eigenvalue weighted by Gasteiger charge is 2.05. The zero-order valence-corrected chi connectivity index (χ0v) is 11.6. The van der Waals surface area contributed by atoms with Crippen LogP contribution in [0.4, 0.5) is 8.78 Å². The van der Waals surface area contributed by atoms with Crippen LogP contribution in [-0.4, -0.2) is 10.9 Å². The molecule has 0 spiro atoms. The predicted octanol–water partition coefficient (Wildman–Crippen LogP) is 4.41. The summed E-state index contributed by atoms with van der Waals surface area (Å²) in [6.07, 6.45) is 3.88. The molecule has 0 aliphatic carbocycles. The lowest BCUT2D eigenvalue weighted by molar-refractivity contribution is -0.109. The topological polar surface area (TPSA) is 17.1 Å². The van der Waals surface area contributed by atoms with Crippen LogP contribution in [0, 0.1) is 11.6 Å². The van der Waals surface area contributed by atoms with Gasteiger partial charge in [0.05, 0.1) is 4.47 Å². The Morgan fingerprint density at radius 2 is 2.12 bits per heavy atom. The van der Waals surface area contributed by atoms with Crippen molar-refractivity contribution in [1.82, 2.24) is 0 Å². The molecule has 0 fully saturated rings. The third kappa shape index (κ3) is 5.00. The first-order valence-corrected chi connectivity index (χ1v) is 6.73. The lowest BCUT2D eigenvalue weighted by Crippen LogP contribution is -1.87. The second-order valence-electron chi connectivity index (χ2n) is 3.32. The highest BCUT2D eigenvalue weighted by molar-refractivity contribution is 9.10. The van der Waals surface area contributed by atoms with E-state index in [-0.39, 0.29) is 15.2 Å². The van der Waals surface area contributed by atoms with Crippen LogP contribution in [0.3, 0.4) is 0 Å². The minimum Gasteiger partial charge on any atom is -0.288 e. The molecular formula is C12H11BrF2OS. The van der Waals surface area contributed by atoms with E-state index in [0.29, 0.717) is 12.2 Å². The van der Waals surface area contributed by atoms with Gasteiger partial charge < -0.3 is 0 Å². The molecule has 1 aromatic rings. The summed E-state index contributed by atoms with van der Waals surface area (Å²) in [4.78, 5) is 10.6. The van der Waals surface area contributed by atoms with Gasteiger partial charge >= 0.3 is 0 Å². The first-order chi connectivity index (χ1) is 8.00. The Labute approximate surface area is 111 Å². The van der Waals surface area contributed by atoms with Gasteiger partial charge in [-0.15, -0.1) is 0 Å². The molecule has 0 amide bonds. The summed E-state index contributed by atoms with van der Waals surface area (Å²) in [5.74, 6) is -0.329. The monoisotopic (exact) mass is 320 g/mol. The Morgan fingerprint density at radius 1 is 1.41 bits per heavy atom. The van der Waals surface area contributed by atoms with Crippen LogP contribution in [0.15, 0.2) is 22.7 Å². The maximum atomic E-state index is 13.4. The van der Waals surface area contributed by atoms with Gasteiger partial charge in [-0.3, -0.25) is 4.79 Å². The summed E-state index contributed by atoms with van der Waals surface area (Å²) in [6, 6.07) is 2.23. The maximum Gasteiger partial charge on any atom is 0.185 e. The number of carbonyl (C=O) groups excluding carboxylic acids is 1. The second-order valence-corrected chi connectivity index (χ2v) is 5.45. The molecule has 1 nitrogen and oxygen atoms in total. The van der Waals surface area contributed by atoms with Crippen LogP contribution < -0.4 is 0 Å². The van der Waals surface area contributed by atoms with Crippen LogP contribution >= 0.6 is 27.7 Å². The number of hydrogen-bond donors (Lipinski definition) is 0. The third-order valence-corrected chi connectivity index (χ3v) is 3.38. The fraction of sp³-hybridized carbons (Fsp3) is 0.250. The molecule has 17 heavy (non-hydrogen) atoms. The number of allylic oxidation sites excluding steroid dienone is 1. The van der Waals surface area contributed by atoms with Gasteiger partial charge in [0.1, 0.15) is 11.6 Å². The number of hydrogen-bond acceptors (Lipinski definition) is 2. The van der Waals surface area contributed by atoms with Crippen LogP contribution in [0.2, 0.25) is 0 Å². The molecule has 0 saturated carbocycles. The number of benzene rings is 1. The molecule has 0 radical (unpaired) electrons. The summed E-state index contributed by atoms with van der Waals surface area (Å²) in [7, 11) is 0. The van der Waals surface area contributed by atoms with Gasteiger partial charge in [-0.05, 0) is 34.5 Å². The van der Waals surface area contributed by atoms with Crippen LogP contribution in [0.1, 0.15) is 18.9 Å². The summed E-state index contributed by atoms with van der Waals surface area (Å²) in [6.45, 7) is 1.50. The SMILES string of the molecule is CC(=O)SCCC=Cc1cc(F)c(Br)cc1F. The van der Waals surface area contributed by atoms with Crippen LogP contribution in [0.5, 0.6) is 0 Å². The normalized spacial score (nSPS) is 11.1. The van der Waals surface area contributed by atoms with E-state index in [9.17, 15) is 13.6 Å². The zero-order chi connectivity index (χ0) is 12.8. The van der Waals surface area contributed by atoms with Crippen molar-refractivity contribution in [3.05, 3.63) is 39.9 Å². The molecule has 5 heteroatoms. The quantitative estimate of drug-likeness (QED) is 0.603. The van der Waals surface area contributed by atoms with Crippen molar-refractivity contribution >= 4 is 38.9 Å². The van der Waals surface area contributed by atoms with E-state index >= 15 is 0 Å². The first-order valence-electron chi connectivity index (χ1n) is 4.95. The summed E-state index contributed by atoms with van der Waals surface area (Å²) in [5.41, 5.74) is 0.207. The largest absolute Gasteiger partial charge is 0.288 e. The molecular weight excluding hydrogens is 310 g/mol. The zero-order valence-electron chi connectivity index (χ0n) is 9.17. The summed E-state index contributed by atoms with van der Waals surface area (Å²) >= 11 is 4.12. The van der Waals surface area contributed by atoms with Gasteiger partial charge in [-0.2, -0.15) is 0 Å². The summed E-state index contributed by atoms with van der Waals surface area (Å²) < 4.78 is 26.6. The van der Waals surface area contributed by atoms with E-state index in [1.165, 1.54) is 24.8 Å². The molecule has 0 bridgehead atoms. The molecule has 1 rings (SSSR count). The average molecular weight is 321 g/mol. The van der Waals surface area contributed by atoms with Crippen molar-refractivity contribution in [1.29, 1.82) is 0 Å². The van der Waals surface area contributed by atoms with E-state index in [4.69, 9.17) is 0 Å². The number of rotatable bonds is 4. The molecule has 92 valence electrons. The van der Waals surface area contributed by atoms with Crippen molar-refractivity contribution in [2.45, 2.75) is 13.3 Å². The molecule has 0 saturated heterocycles. The van der Waals surface area contributed by atoms with E-state index < -0.39 is 11.6 Å². The van der Waals surface area contributed by atoms with Gasteiger partial charge in [0.25, 0.3) is 0 Å². The fourth-order valence-corrected chi connectivity index (χ4v) is 2.00. The fourth-order valence-electron chi connectivity index (χ4n) is 1.15. The smallest absolute Gasteiger partial charge is 0.185 e. The van der Waals surface area contributed by atoms with Crippen molar-refractivity contribution in [2.75, 3.05) is 5.75 Å². The minimum atomic E-state index is -0.496. The van der Waals surface area contributed by atoms with Gasteiger partial charge in [0, 0.05) is 18.2 Å². The second kappa shape index (κ2) is 6.91. The Morgan fingerprint density at radius 3 is 2.76 bits per heavy atom. The molecule has 0 aliphatic rings. The Balaban J connectivity index is 2.59. The van der Waals surface area contributed by atoms with Crippen molar-refractivity contribution < 1.29 is 13.6 Å². The van der Waals surface area contributed by atoms with Gasteiger partial charge in [0.2, 0.25) is 0 Å². The van der Waals surface area contributed by atoms with Gasteiger partial charge in [0.15, 0.2) is 5.12 Å². The molecule has 0 atom stereocenters. The Hall–Kier alpha value is -0.680. The Bertz CT molecular complexity index is 446. The third-order valence-electron chi connectivity index (χ3n) is 1.93. The van der Waals surface area contributed by atoms with Gasteiger partial charge in [-0.1, -0.05) is 23.9 Å².